The molecule has 1 N–H and O–H groups in total. The van der Waals surface area contributed by atoms with Gasteiger partial charge in [0.25, 0.3) is 0 Å². The van der Waals surface area contributed by atoms with Gasteiger partial charge in [-0.1, -0.05) is 0 Å². The van der Waals surface area contributed by atoms with Crippen LogP contribution in [-0.4, -0.2) is 15.0 Å². The number of hydrogen-bond donors (Lipinski definition) is 1. The highest BCUT2D eigenvalue weighted by molar-refractivity contribution is 7.11. The highest BCUT2D eigenvalue weighted by Gasteiger charge is 2.03. The van der Waals surface area contributed by atoms with Gasteiger partial charge in [-0.05, 0) is 13.8 Å². The van der Waals surface area contributed by atoms with E-state index < -0.39 is 0 Å². The van der Waals surface area contributed by atoms with Crippen molar-refractivity contribution in [2.75, 3.05) is 5.32 Å². The lowest BCUT2D eigenvalue weighted by Crippen LogP contribution is -1.99. The summed E-state index contributed by atoms with van der Waals surface area (Å²) >= 11 is 1.72. The van der Waals surface area contributed by atoms with E-state index in [1.807, 2.05) is 13.8 Å². The Labute approximate surface area is 92.4 Å². The molecule has 0 saturated heterocycles. The van der Waals surface area contributed by atoms with E-state index in [0.717, 1.165) is 22.9 Å². The molecule has 0 radical (unpaired) electrons. The quantitative estimate of drug-likeness (QED) is 0.861. The molecule has 0 aliphatic carbocycles. The monoisotopic (exact) mass is 220 g/mol. The molecule has 2 rings (SSSR count). The van der Waals surface area contributed by atoms with E-state index in [4.69, 9.17) is 0 Å². The van der Waals surface area contributed by atoms with E-state index in [1.54, 1.807) is 23.7 Å². The third kappa shape index (κ3) is 2.50. The molecule has 4 nitrogen and oxygen atoms in total. The Bertz CT molecular complexity index is 438. The summed E-state index contributed by atoms with van der Waals surface area (Å²) in [5.74, 6) is 0. The van der Waals surface area contributed by atoms with E-state index in [2.05, 4.69) is 20.3 Å². The molecule has 0 unspecified atom stereocenters. The van der Waals surface area contributed by atoms with E-state index in [9.17, 15) is 0 Å². The Kier molecular flexibility index (Phi) is 2.91. The zero-order valence-electron chi connectivity index (χ0n) is 8.69. The van der Waals surface area contributed by atoms with Crippen LogP contribution >= 0.6 is 11.3 Å². The van der Waals surface area contributed by atoms with Crippen molar-refractivity contribution in [3.05, 3.63) is 34.3 Å². The topological polar surface area (TPSA) is 50.7 Å². The Morgan fingerprint density at radius 2 is 2.00 bits per heavy atom. The smallest absolute Gasteiger partial charge is 0.115 e. The fraction of sp³-hybridized carbons (Fsp3) is 0.300. The highest BCUT2D eigenvalue weighted by atomic mass is 32.1. The van der Waals surface area contributed by atoms with Crippen LogP contribution in [0.5, 0.6) is 0 Å². The maximum atomic E-state index is 4.37. The minimum absolute atomic E-state index is 0.782. The van der Waals surface area contributed by atoms with E-state index in [0.29, 0.717) is 0 Å². The van der Waals surface area contributed by atoms with Crippen LogP contribution in [0.2, 0.25) is 0 Å². The summed E-state index contributed by atoms with van der Waals surface area (Å²) in [6.07, 6.45) is 5.04. The zero-order valence-corrected chi connectivity index (χ0v) is 9.51. The van der Waals surface area contributed by atoms with Crippen molar-refractivity contribution in [1.29, 1.82) is 0 Å². The Balaban J connectivity index is 2.02. The highest BCUT2D eigenvalue weighted by Crippen LogP contribution is 2.18. The fourth-order valence-electron chi connectivity index (χ4n) is 1.31. The van der Waals surface area contributed by atoms with Crippen molar-refractivity contribution in [3.8, 4) is 0 Å². The van der Waals surface area contributed by atoms with Crippen LogP contribution in [0.25, 0.3) is 0 Å². The third-order valence-electron chi connectivity index (χ3n) is 2.01. The molecule has 5 heteroatoms. The van der Waals surface area contributed by atoms with Crippen molar-refractivity contribution in [1.82, 2.24) is 15.0 Å². The maximum absolute atomic E-state index is 4.37. The molecule has 2 aromatic heterocycles. The van der Waals surface area contributed by atoms with Gasteiger partial charge in [0.2, 0.25) is 0 Å². The minimum Gasteiger partial charge on any atom is -0.378 e. The molecule has 2 heterocycles. The van der Waals surface area contributed by atoms with Crippen molar-refractivity contribution >= 4 is 17.0 Å². The zero-order chi connectivity index (χ0) is 10.7. The van der Waals surface area contributed by atoms with Crippen LogP contribution in [0, 0.1) is 13.8 Å². The summed E-state index contributed by atoms with van der Waals surface area (Å²) < 4.78 is 0. The molecule has 78 valence electrons. The Morgan fingerprint density at radius 3 is 2.60 bits per heavy atom. The predicted molar refractivity (Wildman–Crippen MR) is 60.9 cm³/mol. The lowest BCUT2D eigenvalue weighted by atomic mass is 10.4. The lowest BCUT2D eigenvalue weighted by molar-refractivity contribution is 1.08. The van der Waals surface area contributed by atoms with E-state index in [-0.39, 0.29) is 0 Å². The van der Waals surface area contributed by atoms with Gasteiger partial charge in [0.05, 0.1) is 35.3 Å². The molecule has 0 bridgehead atoms. The molecule has 0 aromatic carbocycles. The van der Waals surface area contributed by atoms with Crippen molar-refractivity contribution in [2.45, 2.75) is 20.4 Å². The molecule has 0 atom stereocenters. The number of anilines is 1. The number of aromatic nitrogens is 3. The first kappa shape index (κ1) is 10.0. The first-order valence-electron chi connectivity index (χ1n) is 4.67. The summed E-state index contributed by atoms with van der Waals surface area (Å²) in [5, 5.41) is 4.37. The number of aryl methyl sites for hydroxylation is 2. The molecule has 0 spiro atoms. The maximum Gasteiger partial charge on any atom is 0.115 e. The lowest BCUT2D eigenvalue weighted by Gasteiger charge is -2.03. The van der Waals surface area contributed by atoms with Gasteiger partial charge in [0.1, 0.15) is 6.33 Å². The van der Waals surface area contributed by atoms with Crippen LogP contribution in [0.1, 0.15) is 15.6 Å². The number of hydrogen-bond acceptors (Lipinski definition) is 5. The second-order valence-corrected chi connectivity index (χ2v) is 4.51. The molecular weight excluding hydrogens is 208 g/mol. The largest absolute Gasteiger partial charge is 0.378 e. The van der Waals surface area contributed by atoms with Crippen LogP contribution in [0.4, 0.5) is 5.69 Å². The van der Waals surface area contributed by atoms with Gasteiger partial charge in [0, 0.05) is 4.88 Å². The van der Waals surface area contributed by atoms with Crippen LogP contribution < -0.4 is 5.32 Å². The van der Waals surface area contributed by atoms with Crippen molar-refractivity contribution < 1.29 is 0 Å². The number of nitrogens with one attached hydrogen (secondary N) is 1. The average molecular weight is 220 g/mol. The average Bonchev–Trinajstić information content (AvgIpc) is 2.56. The second-order valence-electron chi connectivity index (χ2n) is 3.22. The summed E-state index contributed by atoms with van der Waals surface area (Å²) in [6, 6.07) is 0. The molecule has 15 heavy (non-hydrogen) atoms. The van der Waals surface area contributed by atoms with E-state index in [1.165, 1.54) is 11.2 Å². The molecule has 0 aliphatic rings. The van der Waals surface area contributed by atoms with Gasteiger partial charge in [-0.15, -0.1) is 11.3 Å². The number of nitrogens with zero attached hydrogens (tertiary/aromatic N) is 3. The minimum atomic E-state index is 0.782. The van der Waals surface area contributed by atoms with Gasteiger partial charge in [-0.25, -0.2) is 15.0 Å². The first-order chi connectivity index (χ1) is 7.25. The Morgan fingerprint density at radius 1 is 1.27 bits per heavy atom. The van der Waals surface area contributed by atoms with Crippen LogP contribution in [0.15, 0.2) is 18.7 Å². The summed E-state index contributed by atoms with van der Waals surface area (Å²) in [5.41, 5.74) is 2.03. The summed E-state index contributed by atoms with van der Waals surface area (Å²) in [4.78, 5) is 13.5. The predicted octanol–water partition coefficient (Wildman–Crippen LogP) is 2.16. The molecule has 0 aliphatic heterocycles. The molecular formula is C10H12N4S. The van der Waals surface area contributed by atoms with Gasteiger partial charge in [-0.2, -0.15) is 0 Å². The van der Waals surface area contributed by atoms with Gasteiger partial charge < -0.3 is 5.32 Å². The molecule has 0 fully saturated rings. The fourth-order valence-corrected chi connectivity index (χ4v) is 2.19. The SMILES string of the molecule is Cc1nc(C)c(CNc2cncnc2)s1. The van der Waals surface area contributed by atoms with Gasteiger partial charge >= 0.3 is 0 Å². The van der Waals surface area contributed by atoms with E-state index >= 15 is 0 Å². The summed E-state index contributed by atoms with van der Waals surface area (Å²) in [6.45, 7) is 4.83. The van der Waals surface area contributed by atoms with Crippen molar-refractivity contribution in [3.63, 3.8) is 0 Å². The van der Waals surface area contributed by atoms with Crippen LogP contribution in [-0.2, 0) is 6.54 Å². The molecule has 0 amide bonds. The normalized spacial score (nSPS) is 10.3. The number of rotatable bonds is 3. The van der Waals surface area contributed by atoms with Crippen molar-refractivity contribution in [2.24, 2.45) is 0 Å². The molecule has 2 aromatic rings. The third-order valence-corrected chi connectivity index (χ3v) is 3.09. The summed E-state index contributed by atoms with van der Waals surface area (Å²) in [7, 11) is 0. The van der Waals surface area contributed by atoms with Crippen LogP contribution in [0.3, 0.4) is 0 Å². The standard InChI is InChI=1S/C10H12N4S/c1-7-10(15-8(2)14-7)5-13-9-3-11-6-12-4-9/h3-4,6,13H,5H2,1-2H3. The number of thiazole rings is 1. The first-order valence-corrected chi connectivity index (χ1v) is 5.49. The second kappa shape index (κ2) is 4.35. The Hall–Kier alpha value is -1.49. The van der Waals surface area contributed by atoms with Gasteiger partial charge in [0.15, 0.2) is 0 Å². The molecule has 0 saturated carbocycles. The van der Waals surface area contributed by atoms with Gasteiger partial charge in [-0.3, -0.25) is 0 Å².